The first-order valence-electron chi connectivity index (χ1n) is 6.17. The molecule has 0 amide bonds. The summed E-state index contributed by atoms with van der Waals surface area (Å²) < 4.78 is 5.20. The molecule has 1 atom stereocenters. The summed E-state index contributed by atoms with van der Waals surface area (Å²) in [6, 6.07) is 18.8. The fourth-order valence-electron chi connectivity index (χ4n) is 2.08. The molecule has 0 saturated heterocycles. The maximum Gasteiger partial charge on any atom is 0.118 e. The minimum Gasteiger partial charge on any atom is -0.497 e. The molecule has 18 heavy (non-hydrogen) atoms. The van der Waals surface area contributed by atoms with Gasteiger partial charge < -0.3 is 4.74 Å². The van der Waals surface area contributed by atoms with Crippen molar-refractivity contribution < 1.29 is 4.74 Å². The molecule has 0 heterocycles. The third-order valence-electron chi connectivity index (χ3n) is 3.02. The SMILES string of the molecule is C/C=C/C(c1ccccc1)c1ccc(OC)cc1. The first-order chi connectivity index (χ1) is 8.85. The molecule has 1 nitrogen and oxygen atoms in total. The van der Waals surface area contributed by atoms with Crippen LogP contribution in [0, 0.1) is 0 Å². The highest BCUT2D eigenvalue weighted by atomic mass is 16.5. The summed E-state index contributed by atoms with van der Waals surface area (Å²) in [5, 5.41) is 0. The Hall–Kier alpha value is -2.02. The standard InChI is InChI=1S/C17H18O/c1-3-7-17(14-8-5-4-6-9-14)15-10-12-16(18-2)13-11-15/h3-13,17H,1-2H3/b7-3+. The van der Waals surface area contributed by atoms with Gasteiger partial charge in [0.25, 0.3) is 0 Å². The second-order valence-corrected chi connectivity index (χ2v) is 4.19. The van der Waals surface area contributed by atoms with E-state index in [1.54, 1.807) is 7.11 Å². The first-order valence-corrected chi connectivity index (χ1v) is 6.17. The number of hydrogen-bond donors (Lipinski definition) is 0. The lowest BCUT2D eigenvalue weighted by atomic mass is 9.91. The zero-order valence-corrected chi connectivity index (χ0v) is 10.8. The van der Waals surface area contributed by atoms with E-state index in [1.165, 1.54) is 11.1 Å². The molecule has 0 aliphatic carbocycles. The molecule has 0 saturated carbocycles. The monoisotopic (exact) mass is 238 g/mol. The van der Waals surface area contributed by atoms with Gasteiger partial charge >= 0.3 is 0 Å². The van der Waals surface area contributed by atoms with Crippen LogP contribution in [0.2, 0.25) is 0 Å². The summed E-state index contributed by atoms with van der Waals surface area (Å²) in [7, 11) is 1.69. The fraction of sp³-hybridized carbons (Fsp3) is 0.176. The van der Waals surface area contributed by atoms with Gasteiger partial charge in [-0.3, -0.25) is 0 Å². The predicted octanol–water partition coefficient (Wildman–Crippen LogP) is 4.40. The Kier molecular flexibility index (Phi) is 4.19. The van der Waals surface area contributed by atoms with Gasteiger partial charge in [0.15, 0.2) is 0 Å². The molecule has 0 radical (unpaired) electrons. The molecular weight excluding hydrogens is 220 g/mol. The Balaban J connectivity index is 2.35. The van der Waals surface area contributed by atoms with E-state index < -0.39 is 0 Å². The summed E-state index contributed by atoms with van der Waals surface area (Å²) in [5.41, 5.74) is 2.58. The van der Waals surface area contributed by atoms with Crippen LogP contribution in [0.15, 0.2) is 66.7 Å². The lowest BCUT2D eigenvalue weighted by Crippen LogP contribution is -1.97. The first kappa shape index (κ1) is 12.4. The smallest absolute Gasteiger partial charge is 0.118 e. The third-order valence-corrected chi connectivity index (χ3v) is 3.02. The van der Waals surface area contributed by atoms with Gasteiger partial charge in [-0.05, 0) is 30.2 Å². The van der Waals surface area contributed by atoms with Gasteiger partial charge in [0.2, 0.25) is 0 Å². The summed E-state index contributed by atoms with van der Waals surface area (Å²) in [6.45, 7) is 2.06. The third kappa shape index (κ3) is 2.80. The van der Waals surface area contributed by atoms with Crippen LogP contribution in [0.3, 0.4) is 0 Å². The minimum absolute atomic E-state index is 0.308. The van der Waals surface area contributed by atoms with Crippen LogP contribution in [-0.2, 0) is 0 Å². The second kappa shape index (κ2) is 6.06. The fourth-order valence-corrected chi connectivity index (χ4v) is 2.08. The second-order valence-electron chi connectivity index (χ2n) is 4.19. The maximum atomic E-state index is 5.20. The summed E-state index contributed by atoms with van der Waals surface area (Å²) in [6.07, 6.45) is 4.32. The van der Waals surface area contributed by atoms with Crippen molar-refractivity contribution in [3.63, 3.8) is 0 Å². The van der Waals surface area contributed by atoms with Gasteiger partial charge in [-0.25, -0.2) is 0 Å². The molecule has 2 rings (SSSR count). The molecule has 0 bridgehead atoms. The topological polar surface area (TPSA) is 9.23 Å². The molecule has 0 aliphatic rings. The molecule has 0 N–H and O–H groups in total. The van der Waals surface area contributed by atoms with Crippen molar-refractivity contribution in [2.75, 3.05) is 7.11 Å². The molecule has 92 valence electrons. The molecule has 1 unspecified atom stereocenters. The zero-order valence-electron chi connectivity index (χ0n) is 10.8. The maximum absolute atomic E-state index is 5.20. The number of ether oxygens (including phenoxy) is 1. The van der Waals surface area contributed by atoms with Crippen molar-refractivity contribution in [1.29, 1.82) is 0 Å². The van der Waals surface area contributed by atoms with Gasteiger partial charge in [0.1, 0.15) is 5.75 Å². The Labute approximate surface area is 109 Å². The van der Waals surface area contributed by atoms with Crippen LogP contribution in [0.1, 0.15) is 24.0 Å². The van der Waals surface area contributed by atoms with E-state index in [4.69, 9.17) is 4.74 Å². The highest BCUT2D eigenvalue weighted by molar-refractivity contribution is 5.39. The Morgan fingerprint density at radius 3 is 2.06 bits per heavy atom. The molecular formula is C17H18O. The number of methoxy groups -OCH3 is 1. The van der Waals surface area contributed by atoms with E-state index in [2.05, 4.69) is 55.5 Å². The van der Waals surface area contributed by atoms with Crippen LogP contribution in [-0.4, -0.2) is 7.11 Å². The minimum atomic E-state index is 0.308. The summed E-state index contributed by atoms with van der Waals surface area (Å²) in [4.78, 5) is 0. The Morgan fingerprint density at radius 1 is 0.889 bits per heavy atom. The van der Waals surface area contributed by atoms with Gasteiger partial charge in [-0.15, -0.1) is 0 Å². The largest absolute Gasteiger partial charge is 0.497 e. The van der Waals surface area contributed by atoms with Crippen LogP contribution in [0.4, 0.5) is 0 Å². The van der Waals surface area contributed by atoms with Crippen molar-refractivity contribution >= 4 is 0 Å². The number of allylic oxidation sites excluding steroid dienone is 2. The molecule has 0 aromatic heterocycles. The van der Waals surface area contributed by atoms with Gasteiger partial charge in [0, 0.05) is 5.92 Å². The molecule has 0 spiro atoms. The molecule has 0 aliphatic heterocycles. The van der Waals surface area contributed by atoms with Crippen molar-refractivity contribution in [1.82, 2.24) is 0 Å². The molecule has 2 aromatic rings. The normalized spacial score (nSPS) is 12.6. The summed E-state index contributed by atoms with van der Waals surface area (Å²) >= 11 is 0. The number of benzene rings is 2. The van der Waals surface area contributed by atoms with Crippen LogP contribution in [0.5, 0.6) is 5.75 Å². The van der Waals surface area contributed by atoms with Crippen LogP contribution < -0.4 is 4.74 Å². The van der Waals surface area contributed by atoms with E-state index in [0.717, 1.165) is 5.75 Å². The predicted molar refractivity (Wildman–Crippen MR) is 76.1 cm³/mol. The lowest BCUT2D eigenvalue weighted by molar-refractivity contribution is 0.414. The van der Waals surface area contributed by atoms with Crippen LogP contribution in [0.25, 0.3) is 0 Å². The summed E-state index contributed by atoms with van der Waals surface area (Å²) in [5.74, 6) is 1.20. The van der Waals surface area contributed by atoms with Gasteiger partial charge in [-0.2, -0.15) is 0 Å². The van der Waals surface area contributed by atoms with Crippen molar-refractivity contribution in [3.05, 3.63) is 77.9 Å². The lowest BCUT2D eigenvalue weighted by Gasteiger charge is -2.14. The molecule has 0 fully saturated rings. The van der Waals surface area contributed by atoms with E-state index in [0.29, 0.717) is 5.92 Å². The van der Waals surface area contributed by atoms with E-state index in [-0.39, 0.29) is 0 Å². The van der Waals surface area contributed by atoms with Gasteiger partial charge in [0.05, 0.1) is 7.11 Å². The highest BCUT2D eigenvalue weighted by Crippen LogP contribution is 2.27. The zero-order chi connectivity index (χ0) is 12.8. The molecule has 1 heteroatoms. The van der Waals surface area contributed by atoms with E-state index >= 15 is 0 Å². The van der Waals surface area contributed by atoms with E-state index in [1.807, 2.05) is 18.2 Å². The average Bonchev–Trinajstić information content (AvgIpc) is 2.46. The van der Waals surface area contributed by atoms with Crippen molar-refractivity contribution in [3.8, 4) is 5.75 Å². The van der Waals surface area contributed by atoms with Crippen molar-refractivity contribution in [2.24, 2.45) is 0 Å². The van der Waals surface area contributed by atoms with Crippen LogP contribution >= 0.6 is 0 Å². The van der Waals surface area contributed by atoms with E-state index in [9.17, 15) is 0 Å². The quantitative estimate of drug-likeness (QED) is 0.717. The molecule has 2 aromatic carbocycles. The Morgan fingerprint density at radius 2 is 1.50 bits per heavy atom. The average molecular weight is 238 g/mol. The highest BCUT2D eigenvalue weighted by Gasteiger charge is 2.09. The number of hydrogen-bond acceptors (Lipinski definition) is 1. The van der Waals surface area contributed by atoms with Gasteiger partial charge in [-0.1, -0.05) is 54.6 Å². The van der Waals surface area contributed by atoms with Crippen molar-refractivity contribution in [2.45, 2.75) is 12.8 Å². The Bertz CT molecular complexity index is 497. The number of rotatable bonds is 4.